The van der Waals surface area contributed by atoms with Crippen LogP contribution in [-0.2, 0) is 9.22 Å². The number of hydrogen-bond acceptors (Lipinski definition) is 3. The molecule has 0 aliphatic heterocycles. The Kier molecular flexibility index (Phi) is 11.7. The first-order chi connectivity index (χ1) is 3.35. The zero-order valence-electron chi connectivity index (χ0n) is 5.13. The molecule has 0 aromatic rings. The third kappa shape index (κ3) is 5.11. The van der Waals surface area contributed by atoms with Crippen molar-refractivity contribution < 1.29 is 9.22 Å². The molecule has 0 heterocycles. The molecule has 0 saturated heterocycles. The van der Waals surface area contributed by atoms with Crippen molar-refractivity contribution in [3.05, 3.63) is 0 Å². The van der Waals surface area contributed by atoms with E-state index >= 15 is 0 Å². The molecule has 0 N–H and O–H groups in total. The third-order valence-corrected chi connectivity index (χ3v) is 3.35. The van der Waals surface area contributed by atoms with Crippen molar-refractivity contribution in [1.82, 2.24) is 0 Å². The molecular formula is C3H10ClO3Sn. The van der Waals surface area contributed by atoms with Gasteiger partial charge < -0.3 is 0 Å². The maximum absolute atomic E-state index is 4.80. The summed E-state index contributed by atoms with van der Waals surface area (Å²) < 4.78 is 14.4. The molecule has 0 spiro atoms. The quantitative estimate of drug-likeness (QED) is 0.674. The second kappa shape index (κ2) is 7.97. The van der Waals surface area contributed by atoms with Crippen molar-refractivity contribution in [3.8, 4) is 0 Å². The van der Waals surface area contributed by atoms with Crippen LogP contribution in [0.1, 0.15) is 0 Å². The summed E-state index contributed by atoms with van der Waals surface area (Å²) in [6, 6.07) is 0. The first-order valence-electron chi connectivity index (χ1n) is 1.84. The Labute approximate surface area is 64.1 Å². The van der Waals surface area contributed by atoms with Crippen LogP contribution >= 0.6 is 12.4 Å². The number of halogens is 1. The van der Waals surface area contributed by atoms with E-state index in [1.54, 1.807) is 21.3 Å². The van der Waals surface area contributed by atoms with E-state index in [1.165, 1.54) is 0 Å². The van der Waals surface area contributed by atoms with E-state index in [0.717, 1.165) is 0 Å². The Morgan fingerprint density at radius 3 is 1.12 bits per heavy atom. The van der Waals surface area contributed by atoms with Gasteiger partial charge in [-0.1, -0.05) is 0 Å². The van der Waals surface area contributed by atoms with Gasteiger partial charge in [-0.05, 0) is 0 Å². The molecule has 0 saturated carbocycles. The molecular weight excluding hydrogens is 238 g/mol. The Balaban J connectivity index is 0. The van der Waals surface area contributed by atoms with E-state index in [0.29, 0.717) is 0 Å². The minimum atomic E-state index is -2.15. The zero-order valence-corrected chi connectivity index (χ0v) is 8.80. The van der Waals surface area contributed by atoms with Crippen LogP contribution in [-0.4, -0.2) is 42.3 Å². The monoisotopic (exact) mass is 249 g/mol. The third-order valence-electron chi connectivity index (χ3n) is 0.500. The van der Waals surface area contributed by atoms with Crippen molar-refractivity contribution in [1.29, 1.82) is 0 Å². The molecule has 0 amide bonds. The Bertz CT molecular complexity index is 36.0. The fourth-order valence-electron chi connectivity index (χ4n) is 0.250. The molecule has 0 unspecified atom stereocenters. The average Bonchev–Trinajstić information content (AvgIpc) is 1.72. The smallest absolute Gasteiger partial charge is 0.147 e. The van der Waals surface area contributed by atoms with Crippen molar-refractivity contribution in [2.24, 2.45) is 0 Å². The summed E-state index contributed by atoms with van der Waals surface area (Å²) in [5.74, 6) is 0. The van der Waals surface area contributed by atoms with Gasteiger partial charge >= 0.3 is 51.6 Å². The molecule has 3 nitrogen and oxygen atoms in total. The summed E-state index contributed by atoms with van der Waals surface area (Å²) in [4.78, 5) is 0. The molecule has 0 aromatic carbocycles. The maximum atomic E-state index is 4.80. The van der Waals surface area contributed by atoms with E-state index < -0.39 is 21.0 Å². The second-order valence-electron chi connectivity index (χ2n) is 0.862. The van der Waals surface area contributed by atoms with E-state index in [2.05, 4.69) is 0 Å². The summed E-state index contributed by atoms with van der Waals surface area (Å²) >= 11 is -2.15. The van der Waals surface area contributed by atoms with Gasteiger partial charge in [0.25, 0.3) is 0 Å². The van der Waals surface area contributed by atoms with Gasteiger partial charge in [0.1, 0.15) is 0 Å². The molecule has 0 bridgehead atoms. The summed E-state index contributed by atoms with van der Waals surface area (Å²) in [6.07, 6.45) is 0. The Morgan fingerprint density at radius 1 is 0.875 bits per heavy atom. The molecule has 5 heteroatoms. The molecule has 0 aliphatic carbocycles. The fourth-order valence-corrected chi connectivity index (χ4v) is 1.68. The minimum absolute atomic E-state index is 0. The van der Waals surface area contributed by atoms with Gasteiger partial charge in [-0.15, -0.1) is 12.4 Å². The van der Waals surface area contributed by atoms with E-state index in [4.69, 9.17) is 9.22 Å². The molecule has 0 rings (SSSR count). The molecule has 8 heavy (non-hydrogen) atoms. The number of rotatable bonds is 3. The summed E-state index contributed by atoms with van der Waals surface area (Å²) in [7, 11) is 4.80. The summed E-state index contributed by atoms with van der Waals surface area (Å²) in [5, 5.41) is 0. The SMILES string of the molecule is C[O][Sn]([O]C)[O]C.Cl. The van der Waals surface area contributed by atoms with Crippen LogP contribution in [0.15, 0.2) is 0 Å². The molecule has 0 aromatic heterocycles. The first-order valence-corrected chi connectivity index (χ1v) is 5.33. The van der Waals surface area contributed by atoms with Gasteiger partial charge in [0.15, 0.2) is 0 Å². The predicted octanol–water partition coefficient (Wildman–Crippen LogP) is 0.332. The van der Waals surface area contributed by atoms with Crippen LogP contribution in [0.3, 0.4) is 0 Å². The Hall–Kier alpha value is 0.969. The maximum Gasteiger partial charge on any atom is -0.147 e. The van der Waals surface area contributed by atoms with Crippen LogP contribution in [0.4, 0.5) is 0 Å². The first kappa shape index (κ1) is 11.7. The van der Waals surface area contributed by atoms with Crippen LogP contribution in [0.2, 0.25) is 0 Å². The molecule has 0 fully saturated rings. The molecule has 0 aliphatic rings. The van der Waals surface area contributed by atoms with Crippen LogP contribution < -0.4 is 0 Å². The summed E-state index contributed by atoms with van der Waals surface area (Å²) in [5.41, 5.74) is 0. The van der Waals surface area contributed by atoms with E-state index in [9.17, 15) is 0 Å². The number of hydrogen-bond donors (Lipinski definition) is 0. The van der Waals surface area contributed by atoms with Gasteiger partial charge in [0.2, 0.25) is 0 Å². The van der Waals surface area contributed by atoms with Gasteiger partial charge in [-0.2, -0.15) is 0 Å². The second-order valence-corrected chi connectivity index (χ2v) is 5.78. The van der Waals surface area contributed by atoms with Crippen molar-refractivity contribution >= 4 is 33.4 Å². The summed E-state index contributed by atoms with van der Waals surface area (Å²) in [6.45, 7) is 0. The Morgan fingerprint density at radius 2 is 1.12 bits per heavy atom. The molecule has 51 valence electrons. The van der Waals surface area contributed by atoms with Gasteiger partial charge in [0.05, 0.1) is 0 Å². The zero-order chi connectivity index (χ0) is 5.70. The van der Waals surface area contributed by atoms with Crippen LogP contribution in [0.5, 0.6) is 0 Å². The normalized spacial score (nSPS) is 9.00. The van der Waals surface area contributed by atoms with E-state index in [1.807, 2.05) is 0 Å². The van der Waals surface area contributed by atoms with Crippen molar-refractivity contribution in [2.45, 2.75) is 0 Å². The average molecular weight is 248 g/mol. The molecule has 0 atom stereocenters. The minimum Gasteiger partial charge on any atom is -0.147 e. The topological polar surface area (TPSA) is 27.7 Å². The molecule has 1 radical (unpaired) electrons. The van der Waals surface area contributed by atoms with E-state index in [-0.39, 0.29) is 12.4 Å². The fraction of sp³-hybridized carbons (Fsp3) is 1.00. The predicted molar refractivity (Wildman–Crippen MR) is 34.0 cm³/mol. The standard InChI is InChI=1S/3CH3O.ClH.Sn/c3*1-2;;/h3*1H3;1H;/q3*-1;;+3. The van der Waals surface area contributed by atoms with Crippen LogP contribution in [0, 0.1) is 0 Å². The van der Waals surface area contributed by atoms with Crippen LogP contribution in [0.25, 0.3) is 0 Å². The van der Waals surface area contributed by atoms with Gasteiger partial charge in [-0.25, -0.2) is 0 Å². The largest absolute Gasteiger partial charge is 0.147 e. The van der Waals surface area contributed by atoms with Gasteiger partial charge in [0, 0.05) is 0 Å². The van der Waals surface area contributed by atoms with Gasteiger partial charge in [-0.3, -0.25) is 0 Å². The van der Waals surface area contributed by atoms with Crippen molar-refractivity contribution in [3.63, 3.8) is 0 Å². The van der Waals surface area contributed by atoms with Crippen molar-refractivity contribution in [2.75, 3.05) is 21.3 Å².